The lowest BCUT2D eigenvalue weighted by Crippen LogP contribution is -2.42. The van der Waals surface area contributed by atoms with E-state index in [1.165, 1.54) is 18.2 Å². The number of hydrogen-bond donors (Lipinski definition) is 5. The number of fused-ring (bicyclic) bond motifs is 2. The van der Waals surface area contributed by atoms with Crippen molar-refractivity contribution >= 4 is 37.9 Å². The maximum absolute atomic E-state index is 12.7. The Morgan fingerprint density at radius 2 is 1.82 bits per heavy atom. The standard InChI is InChI=1S/C18H16N4O5S/c23-17(24)16(7-10-9-19-13-4-2-1-3-12(10)13)22-28(26,27)11-5-6-14-15(8-11)21-18(25)20-14/h1-6,8-9,16,19,22H,7H2,(H,23,24)(H2,20,21,25)/t16-/m1/s1. The first-order valence-electron chi connectivity index (χ1n) is 8.36. The summed E-state index contributed by atoms with van der Waals surface area (Å²) in [6.07, 6.45) is 1.65. The lowest BCUT2D eigenvalue weighted by Gasteiger charge is -2.14. The molecule has 0 saturated heterocycles. The van der Waals surface area contributed by atoms with Gasteiger partial charge < -0.3 is 20.1 Å². The highest BCUT2D eigenvalue weighted by atomic mass is 32.2. The highest BCUT2D eigenvalue weighted by molar-refractivity contribution is 7.89. The molecule has 2 heterocycles. The van der Waals surface area contributed by atoms with Gasteiger partial charge in [-0.15, -0.1) is 0 Å². The number of rotatable bonds is 6. The van der Waals surface area contributed by atoms with Crippen LogP contribution >= 0.6 is 0 Å². The van der Waals surface area contributed by atoms with Gasteiger partial charge in [0.25, 0.3) is 0 Å². The molecule has 0 fully saturated rings. The zero-order valence-electron chi connectivity index (χ0n) is 14.4. The molecule has 0 aliphatic carbocycles. The number of hydrogen-bond acceptors (Lipinski definition) is 4. The number of H-pyrrole nitrogens is 3. The third-order valence-corrected chi connectivity index (χ3v) is 5.96. The molecule has 10 heteroatoms. The second kappa shape index (κ2) is 6.66. The third-order valence-electron chi connectivity index (χ3n) is 4.49. The van der Waals surface area contributed by atoms with Crippen molar-refractivity contribution in [3.63, 3.8) is 0 Å². The number of carboxylic acids is 1. The maximum atomic E-state index is 12.7. The van der Waals surface area contributed by atoms with Crippen molar-refractivity contribution in [2.75, 3.05) is 0 Å². The fourth-order valence-electron chi connectivity index (χ4n) is 3.13. The van der Waals surface area contributed by atoms with E-state index >= 15 is 0 Å². The number of benzene rings is 2. The van der Waals surface area contributed by atoms with Crippen molar-refractivity contribution in [3.05, 3.63) is 64.7 Å². The van der Waals surface area contributed by atoms with Gasteiger partial charge in [-0.1, -0.05) is 18.2 Å². The maximum Gasteiger partial charge on any atom is 0.323 e. The van der Waals surface area contributed by atoms with Crippen LogP contribution in [0.3, 0.4) is 0 Å². The first-order chi connectivity index (χ1) is 13.3. The van der Waals surface area contributed by atoms with Gasteiger partial charge in [-0.25, -0.2) is 13.2 Å². The van der Waals surface area contributed by atoms with Crippen LogP contribution in [-0.2, 0) is 21.2 Å². The number of carbonyl (C=O) groups is 1. The Morgan fingerprint density at radius 1 is 1.07 bits per heavy atom. The molecule has 144 valence electrons. The lowest BCUT2D eigenvalue weighted by molar-refractivity contribution is -0.138. The molecule has 0 amide bonds. The van der Waals surface area contributed by atoms with Crippen molar-refractivity contribution in [2.45, 2.75) is 17.4 Å². The Hall–Kier alpha value is -3.37. The fraction of sp³-hybridized carbons (Fsp3) is 0.111. The Labute approximate surface area is 158 Å². The van der Waals surface area contributed by atoms with Crippen LogP contribution in [0.4, 0.5) is 0 Å². The Balaban J connectivity index is 1.64. The summed E-state index contributed by atoms with van der Waals surface area (Å²) in [7, 11) is -4.12. The molecule has 2 aromatic carbocycles. The molecule has 5 N–H and O–H groups in total. The normalized spacial score (nSPS) is 13.1. The predicted molar refractivity (Wildman–Crippen MR) is 103 cm³/mol. The van der Waals surface area contributed by atoms with Crippen LogP contribution in [0.5, 0.6) is 0 Å². The topological polar surface area (TPSA) is 148 Å². The van der Waals surface area contributed by atoms with Gasteiger partial charge in [-0.05, 0) is 29.8 Å². The van der Waals surface area contributed by atoms with Crippen LogP contribution in [-0.4, -0.2) is 40.5 Å². The van der Waals surface area contributed by atoms with Crippen molar-refractivity contribution in [1.29, 1.82) is 0 Å². The van der Waals surface area contributed by atoms with Gasteiger partial charge in [-0.3, -0.25) is 4.79 Å². The number of para-hydroxylation sites is 1. The molecule has 9 nitrogen and oxygen atoms in total. The van der Waals surface area contributed by atoms with Gasteiger partial charge >= 0.3 is 11.7 Å². The largest absolute Gasteiger partial charge is 0.480 e. The van der Waals surface area contributed by atoms with E-state index in [-0.39, 0.29) is 11.3 Å². The minimum absolute atomic E-state index is 0.0260. The van der Waals surface area contributed by atoms with Crippen LogP contribution in [0.1, 0.15) is 5.56 Å². The number of carboxylic acid groups (broad SMARTS) is 1. The average Bonchev–Trinajstić information content (AvgIpc) is 3.22. The van der Waals surface area contributed by atoms with Gasteiger partial charge in [0.15, 0.2) is 0 Å². The van der Waals surface area contributed by atoms with Gasteiger partial charge in [-0.2, -0.15) is 4.72 Å². The lowest BCUT2D eigenvalue weighted by atomic mass is 10.1. The summed E-state index contributed by atoms with van der Waals surface area (Å²) in [6, 6.07) is 10.0. The van der Waals surface area contributed by atoms with Crippen LogP contribution in [0, 0.1) is 0 Å². The third kappa shape index (κ3) is 3.30. The van der Waals surface area contributed by atoms with E-state index in [1.807, 2.05) is 24.3 Å². The predicted octanol–water partition coefficient (Wildman–Crippen LogP) is 1.31. The van der Waals surface area contributed by atoms with Crippen LogP contribution in [0.2, 0.25) is 0 Å². The highest BCUT2D eigenvalue weighted by Gasteiger charge is 2.27. The van der Waals surface area contributed by atoms with Crippen molar-refractivity contribution in [1.82, 2.24) is 19.7 Å². The van der Waals surface area contributed by atoms with E-state index < -0.39 is 27.7 Å². The van der Waals surface area contributed by atoms with Crippen molar-refractivity contribution in [3.8, 4) is 0 Å². The molecular formula is C18H16N4O5S. The van der Waals surface area contributed by atoms with Crippen LogP contribution < -0.4 is 10.4 Å². The molecule has 28 heavy (non-hydrogen) atoms. The minimum Gasteiger partial charge on any atom is -0.480 e. The second-order valence-corrected chi connectivity index (χ2v) is 8.08. The van der Waals surface area contributed by atoms with Crippen molar-refractivity contribution in [2.24, 2.45) is 0 Å². The molecule has 0 spiro atoms. The molecule has 0 aliphatic rings. The molecule has 4 aromatic rings. The second-order valence-electron chi connectivity index (χ2n) is 6.36. The molecular weight excluding hydrogens is 384 g/mol. The minimum atomic E-state index is -4.12. The summed E-state index contributed by atoms with van der Waals surface area (Å²) in [5.74, 6) is -1.29. The number of aliphatic carboxylic acids is 1. The van der Waals surface area contributed by atoms with E-state index in [1.54, 1.807) is 6.20 Å². The summed E-state index contributed by atoms with van der Waals surface area (Å²) in [6.45, 7) is 0. The van der Waals surface area contributed by atoms with E-state index in [0.29, 0.717) is 16.6 Å². The summed E-state index contributed by atoms with van der Waals surface area (Å²) in [5, 5.41) is 10.4. The highest BCUT2D eigenvalue weighted by Crippen LogP contribution is 2.20. The average molecular weight is 400 g/mol. The molecule has 0 bridgehead atoms. The summed E-state index contributed by atoms with van der Waals surface area (Å²) in [5.41, 5.74) is 1.84. The molecule has 0 aliphatic heterocycles. The van der Waals surface area contributed by atoms with E-state index in [4.69, 9.17) is 0 Å². The molecule has 1 atom stereocenters. The fourth-order valence-corrected chi connectivity index (χ4v) is 4.35. The monoisotopic (exact) mass is 400 g/mol. The van der Waals surface area contributed by atoms with Gasteiger partial charge in [0.1, 0.15) is 6.04 Å². The molecule has 0 radical (unpaired) electrons. The smallest absolute Gasteiger partial charge is 0.323 e. The number of aromatic nitrogens is 3. The van der Waals surface area contributed by atoms with Gasteiger partial charge in [0.2, 0.25) is 10.0 Å². The van der Waals surface area contributed by atoms with Gasteiger partial charge in [0, 0.05) is 23.5 Å². The quantitative estimate of drug-likeness (QED) is 0.331. The summed E-state index contributed by atoms with van der Waals surface area (Å²) >= 11 is 0. The first-order valence-corrected chi connectivity index (χ1v) is 9.84. The number of nitrogens with one attached hydrogen (secondary N) is 4. The number of aromatic amines is 3. The Bertz CT molecular complexity index is 1350. The van der Waals surface area contributed by atoms with E-state index in [2.05, 4.69) is 19.7 Å². The zero-order chi connectivity index (χ0) is 19.9. The molecule has 0 saturated carbocycles. The zero-order valence-corrected chi connectivity index (χ0v) is 15.2. The van der Waals surface area contributed by atoms with Crippen molar-refractivity contribution < 1.29 is 18.3 Å². The molecule has 2 aromatic heterocycles. The van der Waals surface area contributed by atoms with E-state index in [9.17, 15) is 23.1 Å². The number of imidazole rings is 1. The Morgan fingerprint density at radius 3 is 2.61 bits per heavy atom. The Kier molecular flexibility index (Phi) is 4.28. The van der Waals surface area contributed by atoms with Gasteiger partial charge in [0.05, 0.1) is 15.9 Å². The first kappa shape index (κ1) is 18.0. The molecule has 0 unspecified atom stereocenters. The van der Waals surface area contributed by atoms with E-state index in [0.717, 1.165) is 10.9 Å². The number of sulfonamides is 1. The summed E-state index contributed by atoms with van der Waals surface area (Å²) < 4.78 is 27.7. The van der Waals surface area contributed by atoms with Crippen LogP contribution in [0.25, 0.3) is 21.9 Å². The molecule has 4 rings (SSSR count). The summed E-state index contributed by atoms with van der Waals surface area (Å²) in [4.78, 5) is 30.9. The van der Waals surface area contributed by atoms with Crippen LogP contribution in [0.15, 0.2) is 58.4 Å². The SMILES string of the molecule is O=C(O)[C@@H](Cc1c[nH]c2ccccc12)NS(=O)(=O)c1ccc2[nH]c(=O)[nH]c2c1.